The third kappa shape index (κ3) is 2.10. The lowest BCUT2D eigenvalue weighted by atomic mass is 10.0. The molecule has 106 valence electrons. The third-order valence-electron chi connectivity index (χ3n) is 4.12. The highest BCUT2D eigenvalue weighted by Gasteiger charge is 2.16. The van der Waals surface area contributed by atoms with Crippen molar-refractivity contribution < 1.29 is 0 Å². The summed E-state index contributed by atoms with van der Waals surface area (Å²) in [6.07, 6.45) is 0. The van der Waals surface area contributed by atoms with Crippen LogP contribution in [0.15, 0.2) is 23.0 Å². The van der Waals surface area contributed by atoms with E-state index in [1.54, 1.807) is 4.57 Å². The van der Waals surface area contributed by atoms with E-state index < -0.39 is 0 Å². The van der Waals surface area contributed by atoms with Crippen LogP contribution in [0.3, 0.4) is 0 Å². The summed E-state index contributed by atoms with van der Waals surface area (Å²) < 4.78 is 1.78. The number of rotatable bonds is 1. The maximum atomic E-state index is 12.6. The molecule has 1 aromatic carbocycles. The quantitative estimate of drug-likeness (QED) is 0.855. The summed E-state index contributed by atoms with van der Waals surface area (Å²) in [5.41, 5.74) is 2.42. The lowest BCUT2D eigenvalue weighted by molar-refractivity contribution is 0.576. The molecule has 0 aliphatic carbocycles. The number of hydrogen-bond donors (Lipinski definition) is 1. The molecular formula is C16H21N3O. The van der Waals surface area contributed by atoms with Gasteiger partial charge in [0, 0.05) is 38.6 Å². The zero-order valence-electron chi connectivity index (χ0n) is 12.4. The molecule has 1 N–H and O–H groups in total. The van der Waals surface area contributed by atoms with Crippen LogP contribution in [0, 0.1) is 13.8 Å². The van der Waals surface area contributed by atoms with Crippen molar-refractivity contribution in [3.05, 3.63) is 39.7 Å². The maximum absolute atomic E-state index is 12.6. The molecule has 4 heteroatoms. The van der Waals surface area contributed by atoms with Crippen molar-refractivity contribution in [1.29, 1.82) is 0 Å². The second-order valence-electron chi connectivity index (χ2n) is 5.65. The molecule has 1 aliphatic heterocycles. The second kappa shape index (κ2) is 4.94. The van der Waals surface area contributed by atoms with Gasteiger partial charge in [0.1, 0.15) is 5.82 Å². The molecule has 1 saturated heterocycles. The van der Waals surface area contributed by atoms with Gasteiger partial charge in [0.2, 0.25) is 0 Å². The molecule has 4 nitrogen and oxygen atoms in total. The molecule has 0 bridgehead atoms. The molecule has 0 amide bonds. The molecule has 2 heterocycles. The number of fused-ring (bicyclic) bond motifs is 1. The number of nitrogens with one attached hydrogen (secondary N) is 1. The van der Waals surface area contributed by atoms with Gasteiger partial charge in [-0.25, -0.2) is 0 Å². The van der Waals surface area contributed by atoms with Crippen molar-refractivity contribution in [1.82, 2.24) is 9.88 Å². The number of benzene rings is 1. The number of aryl methyl sites for hydroxylation is 2. The van der Waals surface area contributed by atoms with Crippen LogP contribution in [0.5, 0.6) is 0 Å². The van der Waals surface area contributed by atoms with Crippen LogP contribution in [0.25, 0.3) is 10.8 Å². The molecule has 1 aliphatic rings. The highest BCUT2D eigenvalue weighted by atomic mass is 16.1. The predicted molar refractivity (Wildman–Crippen MR) is 83.7 cm³/mol. The molecule has 20 heavy (non-hydrogen) atoms. The van der Waals surface area contributed by atoms with E-state index in [0.717, 1.165) is 48.3 Å². The Bertz CT molecular complexity index is 712. The lowest BCUT2D eigenvalue weighted by Gasteiger charge is -2.31. The van der Waals surface area contributed by atoms with E-state index in [0.29, 0.717) is 0 Å². The molecule has 3 rings (SSSR count). The summed E-state index contributed by atoms with van der Waals surface area (Å²) in [5.74, 6) is 1.02. The smallest absolute Gasteiger partial charge is 0.259 e. The molecule has 1 aromatic heterocycles. The number of nitrogens with zero attached hydrogens (tertiary/aromatic N) is 2. The summed E-state index contributed by atoms with van der Waals surface area (Å²) in [6, 6.07) is 6.30. The first kappa shape index (κ1) is 13.2. The molecule has 2 aromatic rings. The van der Waals surface area contributed by atoms with Gasteiger partial charge in [0.25, 0.3) is 5.56 Å². The predicted octanol–water partition coefficient (Wildman–Crippen LogP) is 1.56. The molecule has 0 saturated carbocycles. The van der Waals surface area contributed by atoms with Gasteiger partial charge in [-0.05, 0) is 36.9 Å². The van der Waals surface area contributed by atoms with Crippen molar-refractivity contribution >= 4 is 16.6 Å². The van der Waals surface area contributed by atoms with Gasteiger partial charge in [-0.1, -0.05) is 11.6 Å². The number of pyridine rings is 1. The van der Waals surface area contributed by atoms with Crippen LogP contribution >= 0.6 is 0 Å². The Morgan fingerprint density at radius 1 is 1.05 bits per heavy atom. The first-order valence-corrected chi connectivity index (χ1v) is 7.14. The fourth-order valence-electron chi connectivity index (χ4n) is 3.06. The monoisotopic (exact) mass is 271 g/mol. The fourth-order valence-corrected chi connectivity index (χ4v) is 3.06. The van der Waals surface area contributed by atoms with Crippen molar-refractivity contribution in [2.45, 2.75) is 13.8 Å². The number of hydrogen-bond acceptors (Lipinski definition) is 3. The molecule has 0 unspecified atom stereocenters. The van der Waals surface area contributed by atoms with Crippen LogP contribution in [0.4, 0.5) is 5.82 Å². The average molecular weight is 271 g/mol. The molecule has 1 fully saturated rings. The van der Waals surface area contributed by atoms with E-state index >= 15 is 0 Å². The van der Waals surface area contributed by atoms with Gasteiger partial charge < -0.3 is 10.2 Å². The van der Waals surface area contributed by atoms with E-state index in [9.17, 15) is 4.79 Å². The van der Waals surface area contributed by atoms with Crippen molar-refractivity contribution in [2.75, 3.05) is 31.1 Å². The van der Waals surface area contributed by atoms with Crippen LogP contribution in [-0.2, 0) is 7.05 Å². The zero-order valence-corrected chi connectivity index (χ0v) is 12.4. The van der Waals surface area contributed by atoms with E-state index in [1.807, 2.05) is 20.0 Å². The summed E-state index contributed by atoms with van der Waals surface area (Å²) in [4.78, 5) is 14.9. The Hall–Kier alpha value is -1.81. The summed E-state index contributed by atoms with van der Waals surface area (Å²) in [7, 11) is 1.87. The second-order valence-corrected chi connectivity index (χ2v) is 5.65. The number of aromatic nitrogens is 1. The largest absolute Gasteiger partial charge is 0.355 e. The Kier molecular flexibility index (Phi) is 3.26. The van der Waals surface area contributed by atoms with E-state index in [1.165, 1.54) is 5.56 Å². The summed E-state index contributed by atoms with van der Waals surface area (Å²) in [6.45, 7) is 7.96. The minimum absolute atomic E-state index is 0.0998. The highest BCUT2D eigenvalue weighted by Crippen LogP contribution is 2.23. The average Bonchev–Trinajstić information content (AvgIpc) is 2.44. The van der Waals surface area contributed by atoms with E-state index in [4.69, 9.17) is 0 Å². The zero-order chi connectivity index (χ0) is 14.3. The van der Waals surface area contributed by atoms with Gasteiger partial charge in [0.15, 0.2) is 0 Å². The Balaban J connectivity index is 2.24. The first-order chi connectivity index (χ1) is 9.58. The topological polar surface area (TPSA) is 37.3 Å². The number of anilines is 1. The Labute approximate surface area is 119 Å². The molecule has 0 radical (unpaired) electrons. The minimum Gasteiger partial charge on any atom is -0.355 e. The minimum atomic E-state index is 0.0998. The Morgan fingerprint density at radius 2 is 1.75 bits per heavy atom. The standard InChI is InChI=1S/C16H21N3O/c1-11-8-12(2)13-10-15(19-6-4-17-5-7-19)18(3)16(20)14(13)9-11/h8-10,17H,4-7H2,1-3H3. The van der Waals surface area contributed by atoms with Gasteiger partial charge in [0.05, 0.1) is 0 Å². The van der Waals surface area contributed by atoms with Gasteiger partial charge in [-0.2, -0.15) is 0 Å². The van der Waals surface area contributed by atoms with E-state index in [-0.39, 0.29) is 5.56 Å². The normalized spacial score (nSPS) is 15.8. The van der Waals surface area contributed by atoms with Crippen molar-refractivity contribution in [2.24, 2.45) is 7.05 Å². The first-order valence-electron chi connectivity index (χ1n) is 7.14. The molecular weight excluding hydrogens is 250 g/mol. The third-order valence-corrected chi connectivity index (χ3v) is 4.12. The van der Waals surface area contributed by atoms with Gasteiger partial charge >= 0.3 is 0 Å². The SMILES string of the molecule is Cc1cc(C)c2cc(N3CCNCC3)n(C)c(=O)c2c1. The Morgan fingerprint density at radius 3 is 2.45 bits per heavy atom. The molecule has 0 spiro atoms. The van der Waals surface area contributed by atoms with E-state index in [2.05, 4.69) is 29.3 Å². The maximum Gasteiger partial charge on any atom is 0.259 e. The molecule has 0 atom stereocenters. The fraction of sp³-hybridized carbons (Fsp3) is 0.438. The van der Waals surface area contributed by atoms with Gasteiger partial charge in [-0.3, -0.25) is 9.36 Å². The van der Waals surface area contributed by atoms with Crippen LogP contribution in [0.1, 0.15) is 11.1 Å². The van der Waals surface area contributed by atoms with Crippen LogP contribution < -0.4 is 15.8 Å². The van der Waals surface area contributed by atoms with Crippen LogP contribution in [0.2, 0.25) is 0 Å². The van der Waals surface area contributed by atoms with Gasteiger partial charge in [-0.15, -0.1) is 0 Å². The van der Waals surface area contributed by atoms with Crippen molar-refractivity contribution in [3.8, 4) is 0 Å². The summed E-state index contributed by atoms with van der Waals surface area (Å²) >= 11 is 0. The van der Waals surface area contributed by atoms with Crippen LogP contribution in [-0.4, -0.2) is 30.7 Å². The number of piperazine rings is 1. The summed E-state index contributed by atoms with van der Waals surface area (Å²) in [5, 5.41) is 5.24. The lowest BCUT2D eigenvalue weighted by Crippen LogP contribution is -2.45. The highest BCUT2D eigenvalue weighted by molar-refractivity contribution is 5.87. The van der Waals surface area contributed by atoms with Crippen molar-refractivity contribution in [3.63, 3.8) is 0 Å².